The van der Waals surface area contributed by atoms with E-state index in [1.807, 2.05) is 60.1 Å². The summed E-state index contributed by atoms with van der Waals surface area (Å²) < 4.78 is 8.35. The van der Waals surface area contributed by atoms with Gasteiger partial charge in [-0.2, -0.15) is 0 Å². The van der Waals surface area contributed by atoms with Crippen molar-refractivity contribution in [2.45, 2.75) is 6.42 Å². The summed E-state index contributed by atoms with van der Waals surface area (Å²) in [6.07, 6.45) is 0.224. The van der Waals surface area contributed by atoms with E-state index in [0.29, 0.717) is 5.75 Å². The molecule has 0 atom stereocenters. The highest BCUT2D eigenvalue weighted by atomic mass is 32.1. The molecule has 1 heterocycles. The predicted molar refractivity (Wildman–Crippen MR) is 91.2 cm³/mol. The molecular weight excluding hydrogens is 310 g/mol. The van der Waals surface area contributed by atoms with Crippen molar-refractivity contribution in [1.82, 2.24) is 9.99 Å². The number of hydrogen-bond donors (Lipinski definition) is 1. The average Bonchev–Trinajstić information content (AvgIpc) is 2.90. The van der Waals surface area contributed by atoms with E-state index in [-0.39, 0.29) is 12.3 Å². The van der Waals surface area contributed by atoms with Crippen LogP contribution < -0.4 is 15.0 Å². The highest BCUT2D eigenvalue weighted by Crippen LogP contribution is 2.17. The predicted octanol–water partition coefficient (Wildman–Crippen LogP) is 2.42. The minimum atomic E-state index is -0.174. The smallest absolute Gasteiger partial charge is 0.244 e. The molecule has 0 saturated carbocycles. The minimum absolute atomic E-state index is 0.174. The number of para-hydroxylation sites is 2. The zero-order valence-corrected chi connectivity index (χ0v) is 13.8. The second kappa shape index (κ2) is 6.66. The fourth-order valence-electron chi connectivity index (χ4n) is 2.36. The van der Waals surface area contributed by atoms with Gasteiger partial charge in [-0.05, 0) is 18.2 Å². The van der Waals surface area contributed by atoms with Crippen LogP contribution in [0.1, 0.15) is 5.56 Å². The van der Waals surface area contributed by atoms with Gasteiger partial charge in [-0.3, -0.25) is 4.79 Å². The number of nitrogens with zero attached hydrogens (tertiary/aromatic N) is 2. The lowest BCUT2D eigenvalue weighted by molar-refractivity contribution is -0.120. The molecule has 0 fully saturated rings. The van der Waals surface area contributed by atoms with Crippen LogP contribution in [0.4, 0.5) is 0 Å². The first kappa shape index (κ1) is 15.3. The normalized spacial score (nSPS) is 11.7. The van der Waals surface area contributed by atoms with Crippen LogP contribution in [-0.4, -0.2) is 17.6 Å². The lowest BCUT2D eigenvalue weighted by Gasteiger charge is -2.06. The molecule has 0 aliphatic rings. The Hall–Kier alpha value is -2.60. The number of ether oxygens (including phenoxy) is 1. The van der Waals surface area contributed by atoms with E-state index in [2.05, 4.69) is 10.5 Å². The van der Waals surface area contributed by atoms with Crippen LogP contribution >= 0.6 is 11.3 Å². The lowest BCUT2D eigenvalue weighted by atomic mass is 10.1. The van der Waals surface area contributed by atoms with Crippen LogP contribution in [0.25, 0.3) is 10.2 Å². The molecule has 0 radical (unpaired) electrons. The summed E-state index contributed by atoms with van der Waals surface area (Å²) in [7, 11) is 3.53. The number of amides is 1. The Labute approximate surface area is 137 Å². The van der Waals surface area contributed by atoms with Crippen LogP contribution in [-0.2, 0) is 18.3 Å². The zero-order valence-electron chi connectivity index (χ0n) is 12.9. The quantitative estimate of drug-likeness (QED) is 0.748. The summed E-state index contributed by atoms with van der Waals surface area (Å²) in [6, 6.07) is 15.5. The molecular formula is C17H17N3O2S. The largest absolute Gasteiger partial charge is 0.496 e. The Balaban J connectivity index is 1.78. The van der Waals surface area contributed by atoms with Crippen LogP contribution in [0.15, 0.2) is 53.6 Å². The highest BCUT2D eigenvalue weighted by Gasteiger charge is 2.08. The monoisotopic (exact) mass is 327 g/mol. The number of benzene rings is 2. The van der Waals surface area contributed by atoms with Gasteiger partial charge in [0.2, 0.25) is 10.7 Å². The fraction of sp³-hybridized carbons (Fsp3) is 0.176. The molecule has 3 aromatic rings. The van der Waals surface area contributed by atoms with Gasteiger partial charge in [-0.25, -0.2) is 5.43 Å². The summed E-state index contributed by atoms with van der Waals surface area (Å²) in [6.45, 7) is 0. The zero-order chi connectivity index (χ0) is 16.2. The maximum absolute atomic E-state index is 12.1. The van der Waals surface area contributed by atoms with Gasteiger partial charge in [0.25, 0.3) is 0 Å². The van der Waals surface area contributed by atoms with Gasteiger partial charge in [0.15, 0.2) is 0 Å². The van der Waals surface area contributed by atoms with Crippen molar-refractivity contribution >= 4 is 27.5 Å². The van der Waals surface area contributed by atoms with E-state index in [1.54, 1.807) is 7.11 Å². The molecule has 23 heavy (non-hydrogen) atoms. The van der Waals surface area contributed by atoms with Crippen molar-refractivity contribution in [3.8, 4) is 5.75 Å². The van der Waals surface area contributed by atoms with Crippen molar-refractivity contribution in [3.05, 3.63) is 58.9 Å². The molecule has 0 bridgehead atoms. The van der Waals surface area contributed by atoms with Gasteiger partial charge in [-0.15, -0.1) is 5.10 Å². The number of carbonyl (C=O) groups is 1. The maximum atomic E-state index is 12.1. The van der Waals surface area contributed by atoms with Gasteiger partial charge < -0.3 is 9.30 Å². The van der Waals surface area contributed by atoms with Gasteiger partial charge >= 0.3 is 0 Å². The molecule has 1 amide bonds. The number of fused-ring (bicyclic) bond motifs is 1. The first-order valence-corrected chi connectivity index (χ1v) is 7.99. The third-order valence-electron chi connectivity index (χ3n) is 3.53. The Morgan fingerprint density at radius 3 is 2.74 bits per heavy atom. The van der Waals surface area contributed by atoms with Gasteiger partial charge in [0, 0.05) is 12.6 Å². The summed E-state index contributed by atoms with van der Waals surface area (Å²) in [5, 5.41) is 4.24. The standard InChI is InChI=1S/C17H17N3O2S/c1-20-13-8-4-6-10-15(13)23-17(20)19-18-16(21)11-12-7-3-5-9-14(12)22-2/h3-10H,11H2,1-2H3,(H,18,21)/b19-17+. The number of carbonyl (C=O) groups excluding carboxylic acids is 1. The Morgan fingerprint density at radius 1 is 1.22 bits per heavy atom. The molecule has 3 rings (SSSR count). The van der Waals surface area contributed by atoms with E-state index in [9.17, 15) is 4.79 Å². The molecule has 118 valence electrons. The third kappa shape index (κ3) is 3.27. The van der Waals surface area contributed by atoms with E-state index < -0.39 is 0 Å². The molecule has 0 saturated heterocycles. The first-order chi connectivity index (χ1) is 11.2. The van der Waals surface area contributed by atoms with Crippen LogP contribution in [0.3, 0.4) is 0 Å². The molecule has 0 unspecified atom stereocenters. The van der Waals surface area contributed by atoms with E-state index in [4.69, 9.17) is 4.74 Å². The van der Waals surface area contributed by atoms with Crippen LogP contribution in [0, 0.1) is 0 Å². The summed E-state index contributed by atoms with van der Waals surface area (Å²) >= 11 is 1.54. The van der Waals surface area contributed by atoms with Crippen molar-refractivity contribution < 1.29 is 9.53 Å². The minimum Gasteiger partial charge on any atom is -0.496 e. The Kier molecular flexibility index (Phi) is 4.43. The molecule has 6 heteroatoms. The molecule has 0 aliphatic carbocycles. The highest BCUT2D eigenvalue weighted by molar-refractivity contribution is 7.16. The summed E-state index contributed by atoms with van der Waals surface area (Å²) in [5.41, 5.74) is 4.55. The lowest BCUT2D eigenvalue weighted by Crippen LogP contribution is -2.24. The van der Waals surface area contributed by atoms with Crippen molar-refractivity contribution in [1.29, 1.82) is 0 Å². The second-order valence-electron chi connectivity index (χ2n) is 5.05. The first-order valence-electron chi connectivity index (χ1n) is 7.18. The Bertz CT molecular complexity index is 911. The third-order valence-corrected chi connectivity index (χ3v) is 4.65. The van der Waals surface area contributed by atoms with Crippen LogP contribution in [0.2, 0.25) is 0 Å². The second-order valence-corrected chi connectivity index (χ2v) is 6.06. The topological polar surface area (TPSA) is 55.6 Å². The molecule has 2 aromatic carbocycles. The van der Waals surface area contributed by atoms with Gasteiger partial charge in [0.1, 0.15) is 5.75 Å². The van der Waals surface area contributed by atoms with Crippen molar-refractivity contribution in [2.75, 3.05) is 7.11 Å². The summed E-state index contributed by atoms with van der Waals surface area (Å²) in [5.74, 6) is 0.530. The van der Waals surface area contributed by atoms with E-state index in [0.717, 1.165) is 20.6 Å². The van der Waals surface area contributed by atoms with Crippen molar-refractivity contribution in [3.63, 3.8) is 0 Å². The summed E-state index contributed by atoms with van der Waals surface area (Å²) in [4.78, 5) is 12.9. The molecule has 5 nitrogen and oxygen atoms in total. The number of hydrogen-bond acceptors (Lipinski definition) is 4. The molecule has 0 spiro atoms. The van der Waals surface area contributed by atoms with E-state index >= 15 is 0 Å². The maximum Gasteiger partial charge on any atom is 0.244 e. The average molecular weight is 327 g/mol. The number of rotatable bonds is 4. The van der Waals surface area contributed by atoms with Crippen LogP contribution in [0.5, 0.6) is 5.75 Å². The number of aryl methyl sites for hydroxylation is 1. The Morgan fingerprint density at radius 2 is 1.96 bits per heavy atom. The van der Waals surface area contributed by atoms with Gasteiger partial charge in [0.05, 0.1) is 23.7 Å². The molecule has 1 N–H and O–H groups in total. The number of methoxy groups -OCH3 is 1. The molecule has 1 aromatic heterocycles. The SMILES string of the molecule is COc1ccccc1CC(=O)N/N=c1/sc2ccccc2n1C. The molecule has 0 aliphatic heterocycles. The van der Waals surface area contributed by atoms with Crippen molar-refractivity contribution in [2.24, 2.45) is 12.1 Å². The fourth-order valence-corrected chi connectivity index (χ4v) is 3.34. The number of thiazole rings is 1. The number of aromatic nitrogens is 1. The number of nitrogens with one attached hydrogen (secondary N) is 1. The van der Waals surface area contributed by atoms with E-state index in [1.165, 1.54) is 11.3 Å². The van der Waals surface area contributed by atoms with Gasteiger partial charge in [-0.1, -0.05) is 41.7 Å².